The highest BCUT2D eigenvalue weighted by molar-refractivity contribution is 5.75. The summed E-state index contributed by atoms with van der Waals surface area (Å²) in [4.78, 5) is 11.7. The standard InChI is InChI=1S/C13H23NO3/c15-13(12-9-14-7-8-16-12)17-10-11-5-3-1-2-4-6-11/h11-12,14H,1-10H2. The molecule has 2 rings (SSSR count). The highest BCUT2D eigenvalue weighted by Crippen LogP contribution is 2.23. The van der Waals surface area contributed by atoms with E-state index in [0.717, 1.165) is 6.54 Å². The van der Waals surface area contributed by atoms with Crippen LogP contribution < -0.4 is 5.32 Å². The van der Waals surface area contributed by atoms with Gasteiger partial charge in [-0.15, -0.1) is 0 Å². The second kappa shape index (κ2) is 6.97. The highest BCUT2D eigenvalue weighted by Gasteiger charge is 2.24. The molecule has 0 aromatic rings. The van der Waals surface area contributed by atoms with Gasteiger partial charge in [0.05, 0.1) is 13.2 Å². The molecule has 1 aliphatic carbocycles. The third-order valence-electron chi connectivity index (χ3n) is 3.63. The lowest BCUT2D eigenvalue weighted by Gasteiger charge is -2.23. The zero-order chi connectivity index (χ0) is 11.9. The van der Waals surface area contributed by atoms with Crippen LogP contribution in [0.1, 0.15) is 38.5 Å². The molecule has 0 bridgehead atoms. The molecule has 1 N–H and O–H groups in total. The minimum absolute atomic E-state index is 0.193. The maximum absolute atomic E-state index is 11.7. The first-order chi connectivity index (χ1) is 8.36. The molecule has 1 heterocycles. The normalized spacial score (nSPS) is 27.4. The van der Waals surface area contributed by atoms with E-state index >= 15 is 0 Å². The van der Waals surface area contributed by atoms with Gasteiger partial charge in [0.2, 0.25) is 0 Å². The molecule has 2 fully saturated rings. The quantitative estimate of drug-likeness (QED) is 0.600. The number of nitrogens with one attached hydrogen (secondary N) is 1. The van der Waals surface area contributed by atoms with Crippen molar-refractivity contribution in [1.29, 1.82) is 0 Å². The topological polar surface area (TPSA) is 47.6 Å². The van der Waals surface area contributed by atoms with E-state index in [0.29, 0.717) is 25.7 Å². The van der Waals surface area contributed by atoms with Gasteiger partial charge >= 0.3 is 5.97 Å². The van der Waals surface area contributed by atoms with Crippen LogP contribution in [0.5, 0.6) is 0 Å². The Morgan fingerprint density at radius 3 is 2.65 bits per heavy atom. The monoisotopic (exact) mass is 241 g/mol. The Morgan fingerprint density at radius 2 is 2.00 bits per heavy atom. The van der Waals surface area contributed by atoms with Crippen LogP contribution in [-0.2, 0) is 14.3 Å². The van der Waals surface area contributed by atoms with Crippen LogP contribution in [0.3, 0.4) is 0 Å². The summed E-state index contributed by atoms with van der Waals surface area (Å²) in [5, 5.41) is 3.14. The zero-order valence-corrected chi connectivity index (χ0v) is 10.5. The Kier molecular flexibility index (Phi) is 5.26. The summed E-state index contributed by atoms with van der Waals surface area (Å²) in [6, 6.07) is 0. The van der Waals surface area contributed by atoms with E-state index in [-0.39, 0.29) is 5.97 Å². The molecule has 0 aromatic heterocycles. The van der Waals surface area contributed by atoms with Crippen LogP contribution >= 0.6 is 0 Å². The van der Waals surface area contributed by atoms with Gasteiger partial charge in [0.1, 0.15) is 0 Å². The first-order valence-corrected chi connectivity index (χ1v) is 6.85. The summed E-state index contributed by atoms with van der Waals surface area (Å²) in [5.74, 6) is 0.374. The summed E-state index contributed by atoms with van der Waals surface area (Å²) in [5.41, 5.74) is 0. The first kappa shape index (κ1) is 12.8. The van der Waals surface area contributed by atoms with Crippen LogP contribution in [0.15, 0.2) is 0 Å². The van der Waals surface area contributed by atoms with Gasteiger partial charge in [0.15, 0.2) is 6.10 Å². The summed E-state index contributed by atoms with van der Waals surface area (Å²) in [6.07, 6.45) is 7.25. The number of ether oxygens (including phenoxy) is 2. The van der Waals surface area contributed by atoms with E-state index in [9.17, 15) is 4.79 Å². The molecule has 1 unspecified atom stereocenters. The van der Waals surface area contributed by atoms with Crippen molar-refractivity contribution in [2.24, 2.45) is 5.92 Å². The predicted molar refractivity (Wildman–Crippen MR) is 64.8 cm³/mol. The minimum Gasteiger partial charge on any atom is -0.463 e. The first-order valence-electron chi connectivity index (χ1n) is 6.85. The molecular formula is C13H23NO3. The lowest BCUT2D eigenvalue weighted by atomic mass is 10.0. The number of hydrogen-bond donors (Lipinski definition) is 1. The molecule has 0 amide bonds. The number of esters is 1. The lowest BCUT2D eigenvalue weighted by molar-refractivity contribution is -0.160. The van der Waals surface area contributed by atoms with Crippen molar-refractivity contribution in [3.05, 3.63) is 0 Å². The van der Waals surface area contributed by atoms with Crippen molar-refractivity contribution in [1.82, 2.24) is 5.32 Å². The van der Waals surface area contributed by atoms with Gasteiger partial charge in [-0.25, -0.2) is 4.79 Å². The van der Waals surface area contributed by atoms with E-state index < -0.39 is 6.10 Å². The third kappa shape index (κ3) is 4.28. The van der Waals surface area contributed by atoms with Gasteiger partial charge in [-0.2, -0.15) is 0 Å². The molecule has 0 aromatic carbocycles. The average molecular weight is 241 g/mol. The summed E-state index contributed by atoms with van der Waals surface area (Å²) >= 11 is 0. The number of carbonyl (C=O) groups is 1. The second-order valence-corrected chi connectivity index (χ2v) is 5.05. The van der Waals surface area contributed by atoms with Gasteiger partial charge in [-0.3, -0.25) is 0 Å². The Balaban J connectivity index is 1.67. The smallest absolute Gasteiger partial charge is 0.336 e. The predicted octanol–water partition coefficient (Wildman–Crippen LogP) is 1.49. The molecule has 17 heavy (non-hydrogen) atoms. The van der Waals surface area contributed by atoms with Crippen LogP contribution in [0.25, 0.3) is 0 Å². The lowest BCUT2D eigenvalue weighted by Crippen LogP contribution is -2.44. The Labute approximate surface area is 103 Å². The average Bonchev–Trinajstić information content (AvgIpc) is 2.65. The third-order valence-corrected chi connectivity index (χ3v) is 3.63. The number of morpholine rings is 1. The maximum atomic E-state index is 11.7. The molecule has 1 saturated carbocycles. The van der Waals surface area contributed by atoms with E-state index in [4.69, 9.17) is 9.47 Å². The number of carbonyl (C=O) groups excluding carboxylic acids is 1. The Bertz CT molecular complexity index is 231. The minimum atomic E-state index is -0.394. The molecule has 1 aliphatic heterocycles. The van der Waals surface area contributed by atoms with Crippen LogP contribution in [0.4, 0.5) is 0 Å². The maximum Gasteiger partial charge on any atom is 0.336 e. The van der Waals surface area contributed by atoms with Gasteiger partial charge in [-0.05, 0) is 18.8 Å². The Hall–Kier alpha value is -0.610. The van der Waals surface area contributed by atoms with E-state index in [1.807, 2.05) is 0 Å². The van der Waals surface area contributed by atoms with E-state index in [1.165, 1.54) is 38.5 Å². The van der Waals surface area contributed by atoms with Crippen molar-refractivity contribution in [3.63, 3.8) is 0 Å². The van der Waals surface area contributed by atoms with Gasteiger partial charge in [0, 0.05) is 13.1 Å². The molecule has 1 atom stereocenters. The number of hydrogen-bond acceptors (Lipinski definition) is 4. The molecule has 0 spiro atoms. The van der Waals surface area contributed by atoms with Crippen molar-refractivity contribution in [2.75, 3.05) is 26.3 Å². The van der Waals surface area contributed by atoms with Crippen LogP contribution in [0.2, 0.25) is 0 Å². The van der Waals surface area contributed by atoms with Crippen molar-refractivity contribution in [2.45, 2.75) is 44.6 Å². The fourth-order valence-electron chi connectivity index (χ4n) is 2.54. The largest absolute Gasteiger partial charge is 0.463 e. The molecule has 2 aliphatic rings. The van der Waals surface area contributed by atoms with Crippen LogP contribution in [-0.4, -0.2) is 38.4 Å². The fourth-order valence-corrected chi connectivity index (χ4v) is 2.54. The van der Waals surface area contributed by atoms with E-state index in [1.54, 1.807) is 0 Å². The zero-order valence-electron chi connectivity index (χ0n) is 10.5. The molecule has 4 nitrogen and oxygen atoms in total. The second-order valence-electron chi connectivity index (χ2n) is 5.05. The molecule has 0 radical (unpaired) electrons. The molecule has 4 heteroatoms. The summed E-state index contributed by atoms with van der Waals surface area (Å²) in [7, 11) is 0. The summed E-state index contributed by atoms with van der Waals surface area (Å²) < 4.78 is 10.7. The fraction of sp³-hybridized carbons (Fsp3) is 0.923. The SMILES string of the molecule is O=C(OCC1CCCCCC1)C1CNCCO1. The van der Waals surface area contributed by atoms with E-state index in [2.05, 4.69) is 5.32 Å². The van der Waals surface area contributed by atoms with Crippen molar-refractivity contribution >= 4 is 5.97 Å². The highest BCUT2D eigenvalue weighted by atomic mass is 16.6. The molecule has 98 valence electrons. The Morgan fingerprint density at radius 1 is 1.24 bits per heavy atom. The molecular weight excluding hydrogens is 218 g/mol. The number of rotatable bonds is 3. The van der Waals surface area contributed by atoms with Crippen molar-refractivity contribution in [3.8, 4) is 0 Å². The van der Waals surface area contributed by atoms with Gasteiger partial charge < -0.3 is 14.8 Å². The van der Waals surface area contributed by atoms with Gasteiger partial charge in [0.25, 0.3) is 0 Å². The van der Waals surface area contributed by atoms with Crippen molar-refractivity contribution < 1.29 is 14.3 Å². The van der Waals surface area contributed by atoms with Gasteiger partial charge in [-0.1, -0.05) is 25.7 Å². The summed E-state index contributed by atoms with van der Waals surface area (Å²) in [6.45, 7) is 2.60. The van der Waals surface area contributed by atoms with Crippen LogP contribution in [0, 0.1) is 5.92 Å². The molecule has 1 saturated heterocycles.